The first-order chi connectivity index (χ1) is 7.20. The van der Waals surface area contributed by atoms with Gasteiger partial charge >= 0.3 is 0 Å². The Morgan fingerprint density at radius 3 is 2.47 bits per heavy atom. The highest BCUT2D eigenvalue weighted by Crippen LogP contribution is 2.05. The third kappa shape index (κ3) is 2.98. The monoisotopic (exact) mass is 210 g/mol. The van der Waals surface area contributed by atoms with Gasteiger partial charge in [-0.1, -0.05) is 26.7 Å². The average Bonchev–Trinajstić information content (AvgIpc) is 2.49. The molecule has 0 atom stereocenters. The Hall–Kier alpha value is -0.990. The number of aromatic nitrogens is 2. The van der Waals surface area contributed by atoms with Crippen molar-refractivity contribution in [2.45, 2.75) is 59.4 Å². The summed E-state index contributed by atoms with van der Waals surface area (Å²) in [4.78, 5) is 11.9. The maximum atomic E-state index is 11.9. The lowest BCUT2D eigenvalue weighted by molar-refractivity contribution is 0.553. The fourth-order valence-electron chi connectivity index (χ4n) is 1.77. The molecule has 0 saturated carbocycles. The number of nitrogens with zero attached hydrogens (tertiary/aromatic N) is 1. The second kappa shape index (κ2) is 5.79. The predicted octanol–water partition coefficient (Wildman–Crippen LogP) is 2.63. The Morgan fingerprint density at radius 1 is 1.20 bits per heavy atom. The summed E-state index contributed by atoms with van der Waals surface area (Å²) in [5, 5.41) is 3.16. The van der Waals surface area contributed by atoms with E-state index in [1.54, 1.807) is 4.68 Å². The van der Waals surface area contributed by atoms with Crippen molar-refractivity contribution in [1.29, 1.82) is 0 Å². The molecule has 0 aliphatic rings. The van der Waals surface area contributed by atoms with Crippen LogP contribution in [0.15, 0.2) is 4.79 Å². The van der Waals surface area contributed by atoms with Gasteiger partial charge in [-0.25, -0.2) is 0 Å². The molecule has 0 bridgehead atoms. The predicted molar refractivity (Wildman–Crippen MR) is 63.3 cm³/mol. The zero-order valence-corrected chi connectivity index (χ0v) is 10.1. The highest BCUT2D eigenvalue weighted by molar-refractivity contribution is 5.15. The summed E-state index contributed by atoms with van der Waals surface area (Å²) in [6, 6.07) is 0. The quantitative estimate of drug-likeness (QED) is 0.770. The molecule has 0 aliphatic carbocycles. The highest BCUT2D eigenvalue weighted by atomic mass is 16.1. The number of nitrogens with one attached hydrogen (secondary N) is 1. The summed E-state index contributed by atoms with van der Waals surface area (Å²) in [6.07, 6.45) is 5.33. The van der Waals surface area contributed by atoms with Crippen LogP contribution in [0.4, 0.5) is 0 Å². The molecule has 0 amide bonds. The van der Waals surface area contributed by atoms with Gasteiger partial charge in [-0.15, -0.1) is 0 Å². The molecular formula is C12H22N2O. The van der Waals surface area contributed by atoms with E-state index in [1.807, 2.05) is 6.92 Å². The van der Waals surface area contributed by atoms with E-state index in [4.69, 9.17) is 0 Å². The van der Waals surface area contributed by atoms with Gasteiger partial charge < -0.3 is 0 Å². The molecule has 1 aromatic heterocycles. The molecule has 3 nitrogen and oxygen atoms in total. The lowest BCUT2D eigenvalue weighted by Crippen LogP contribution is -2.19. The Labute approximate surface area is 91.5 Å². The van der Waals surface area contributed by atoms with Crippen LogP contribution in [0, 0.1) is 6.92 Å². The zero-order valence-electron chi connectivity index (χ0n) is 10.1. The van der Waals surface area contributed by atoms with E-state index in [0.717, 1.165) is 49.9 Å². The van der Waals surface area contributed by atoms with Crippen LogP contribution in [0.1, 0.15) is 50.8 Å². The van der Waals surface area contributed by atoms with Crippen molar-refractivity contribution < 1.29 is 0 Å². The van der Waals surface area contributed by atoms with Gasteiger partial charge in [-0.3, -0.25) is 14.6 Å². The molecule has 15 heavy (non-hydrogen) atoms. The third-order valence-electron chi connectivity index (χ3n) is 2.77. The van der Waals surface area contributed by atoms with Crippen LogP contribution in [0.2, 0.25) is 0 Å². The molecule has 0 unspecified atom stereocenters. The molecule has 0 aliphatic heterocycles. The minimum Gasteiger partial charge on any atom is -0.300 e. The number of hydrogen-bond acceptors (Lipinski definition) is 1. The van der Waals surface area contributed by atoms with Crippen LogP contribution in [0.25, 0.3) is 0 Å². The van der Waals surface area contributed by atoms with Crippen molar-refractivity contribution in [3.05, 3.63) is 21.6 Å². The standard InChI is InChI=1S/C12H22N2O/c1-4-6-8-11-10(3)13-14(12(11)15)9-7-5-2/h13H,4-9H2,1-3H3. The van der Waals surface area contributed by atoms with E-state index in [9.17, 15) is 4.79 Å². The second-order valence-corrected chi connectivity index (χ2v) is 4.13. The molecule has 0 saturated heterocycles. The van der Waals surface area contributed by atoms with E-state index in [2.05, 4.69) is 18.9 Å². The van der Waals surface area contributed by atoms with Gasteiger partial charge in [0.15, 0.2) is 0 Å². The minimum absolute atomic E-state index is 0.189. The fraction of sp³-hybridized carbons (Fsp3) is 0.750. The van der Waals surface area contributed by atoms with Crippen LogP contribution in [0.3, 0.4) is 0 Å². The van der Waals surface area contributed by atoms with E-state index >= 15 is 0 Å². The number of aromatic amines is 1. The summed E-state index contributed by atoms with van der Waals surface area (Å²) >= 11 is 0. The highest BCUT2D eigenvalue weighted by Gasteiger charge is 2.09. The van der Waals surface area contributed by atoms with E-state index in [-0.39, 0.29) is 5.56 Å². The van der Waals surface area contributed by atoms with Gasteiger partial charge in [0.05, 0.1) is 0 Å². The van der Waals surface area contributed by atoms with E-state index in [0.29, 0.717) is 0 Å². The zero-order chi connectivity index (χ0) is 11.3. The summed E-state index contributed by atoms with van der Waals surface area (Å²) in [7, 11) is 0. The van der Waals surface area contributed by atoms with Crippen molar-refractivity contribution in [1.82, 2.24) is 9.78 Å². The summed E-state index contributed by atoms with van der Waals surface area (Å²) in [5.41, 5.74) is 2.21. The molecule has 1 N–H and O–H groups in total. The minimum atomic E-state index is 0.189. The first kappa shape index (κ1) is 12.1. The Bertz CT molecular complexity index is 349. The lowest BCUT2D eigenvalue weighted by Gasteiger charge is -1.98. The lowest BCUT2D eigenvalue weighted by atomic mass is 10.1. The second-order valence-electron chi connectivity index (χ2n) is 4.13. The molecular weight excluding hydrogens is 188 g/mol. The largest absolute Gasteiger partial charge is 0.300 e. The van der Waals surface area contributed by atoms with Gasteiger partial charge in [0.2, 0.25) is 0 Å². The topological polar surface area (TPSA) is 37.8 Å². The molecule has 0 fully saturated rings. The van der Waals surface area contributed by atoms with E-state index < -0.39 is 0 Å². The number of hydrogen-bond donors (Lipinski definition) is 1. The van der Waals surface area contributed by atoms with E-state index in [1.165, 1.54) is 0 Å². The third-order valence-corrected chi connectivity index (χ3v) is 2.77. The fourth-order valence-corrected chi connectivity index (χ4v) is 1.77. The van der Waals surface area contributed by atoms with Crippen LogP contribution in [-0.4, -0.2) is 9.78 Å². The van der Waals surface area contributed by atoms with Crippen LogP contribution < -0.4 is 5.56 Å². The summed E-state index contributed by atoms with van der Waals surface area (Å²) < 4.78 is 1.75. The van der Waals surface area contributed by atoms with Crippen LogP contribution in [0.5, 0.6) is 0 Å². The number of rotatable bonds is 6. The van der Waals surface area contributed by atoms with Gasteiger partial charge in [0.25, 0.3) is 5.56 Å². The number of H-pyrrole nitrogens is 1. The molecule has 86 valence electrons. The molecule has 1 heterocycles. The Balaban J connectivity index is 2.79. The maximum absolute atomic E-state index is 11.9. The van der Waals surface area contributed by atoms with Crippen molar-refractivity contribution in [3.63, 3.8) is 0 Å². The summed E-state index contributed by atoms with van der Waals surface area (Å²) in [5.74, 6) is 0. The Morgan fingerprint density at radius 2 is 1.87 bits per heavy atom. The van der Waals surface area contributed by atoms with Crippen molar-refractivity contribution in [3.8, 4) is 0 Å². The first-order valence-corrected chi connectivity index (χ1v) is 5.99. The normalized spacial score (nSPS) is 10.9. The van der Waals surface area contributed by atoms with Crippen LogP contribution in [-0.2, 0) is 13.0 Å². The number of aryl methyl sites for hydroxylation is 2. The molecule has 3 heteroatoms. The van der Waals surface area contributed by atoms with Crippen molar-refractivity contribution >= 4 is 0 Å². The maximum Gasteiger partial charge on any atom is 0.269 e. The summed E-state index contributed by atoms with van der Waals surface area (Å²) in [6.45, 7) is 7.10. The smallest absolute Gasteiger partial charge is 0.269 e. The first-order valence-electron chi connectivity index (χ1n) is 5.99. The Kier molecular flexibility index (Phi) is 4.66. The van der Waals surface area contributed by atoms with Gasteiger partial charge in [-0.05, 0) is 26.2 Å². The van der Waals surface area contributed by atoms with Gasteiger partial charge in [0, 0.05) is 17.8 Å². The molecule has 0 spiro atoms. The van der Waals surface area contributed by atoms with Gasteiger partial charge in [0.1, 0.15) is 0 Å². The number of unbranched alkanes of at least 4 members (excludes halogenated alkanes) is 2. The molecule has 1 rings (SSSR count). The SMILES string of the molecule is CCCCc1c(C)[nH]n(CCCC)c1=O. The molecule has 0 radical (unpaired) electrons. The van der Waals surface area contributed by atoms with Crippen molar-refractivity contribution in [2.75, 3.05) is 0 Å². The van der Waals surface area contributed by atoms with Crippen LogP contribution >= 0.6 is 0 Å². The molecule has 0 aromatic carbocycles. The average molecular weight is 210 g/mol. The van der Waals surface area contributed by atoms with Crippen molar-refractivity contribution in [2.24, 2.45) is 0 Å². The van der Waals surface area contributed by atoms with Gasteiger partial charge in [-0.2, -0.15) is 0 Å². The molecule has 1 aromatic rings.